The predicted molar refractivity (Wildman–Crippen MR) is 79.4 cm³/mol. The fraction of sp³-hybridized carbons (Fsp3) is 0.0667. The number of hydrogen-bond donors (Lipinski definition) is 0. The second-order valence-corrected chi connectivity index (χ2v) is 6.82. The summed E-state index contributed by atoms with van der Waals surface area (Å²) in [5.74, 6) is -5.31. The van der Waals surface area contributed by atoms with Crippen LogP contribution >= 0.6 is 11.6 Å². The van der Waals surface area contributed by atoms with Gasteiger partial charge in [-0.05, 0) is 29.8 Å². The molecule has 0 amide bonds. The van der Waals surface area contributed by atoms with E-state index < -0.39 is 38.6 Å². The lowest BCUT2D eigenvalue weighted by molar-refractivity contribution is 0.442. The Balaban J connectivity index is 2.21. The molecule has 2 nitrogen and oxygen atoms in total. The summed E-state index contributed by atoms with van der Waals surface area (Å²) in [6, 6.07) is 7.97. The molecule has 0 saturated heterocycles. The van der Waals surface area contributed by atoms with Gasteiger partial charge in [-0.1, -0.05) is 29.8 Å². The zero-order valence-corrected chi connectivity index (χ0v) is 12.6. The van der Waals surface area contributed by atoms with E-state index in [9.17, 15) is 21.6 Å². The number of sulfone groups is 1. The lowest BCUT2D eigenvalue weighted by Crippen LogP contribution is -2.05. The normalized spacial score (nSPS) is 12.0. The van der Waals surface area contributed by atoms with Crippen molar-refractivity contribution in [1.82, 2.24) is 0 Å². The molecule has 22 heavy (non-hydrogen) atoms. The lowest BCUT2D eigenvalue weighted by Gasteiger charge is -2.03. The highest BCUT2D eigenvalue weighted by molar-refractivity contribution is 7.93. The van der Waals surface area contributed by atoms with Gasteiger partial charge in [0.15, 0.2) is 27.3 Å². The van der Waals surface area contributed by atoms with Crippen LogP contribution in [0.3, 0.4) is 0 Å². The van der Waals surface area contributed by atoms with Gasteiger partial charge in [-0.25, -0.2) is 21.6 Å². The SMILES string of the molecule is O=S(=O)(/C=C/c1ccc(Cl)cc1)Cc1ccc(F)c(F)c1F. The molecular formula is C15H10ClF3O2S. The van der Waals surface area contributed by atoms with Crippen molar-refractivity contribution in [2.75, 3.05) is 0 Å². The van der Waals surface area contributed by atoms with Crippen molar-refractivity contribution < 1.29 is 21.6 Å². The molecule has 7 heteroatoms. The second-order valence-electron chi connectivity index (χ2n) is 4.50. The molecule has 0 radical (unpaired) electrons. The third-order valence-electron chi connectivity index (χ3n) is 2.81. The van der Waals surface area contributed by atoms with Crippen LogP contribution in [-0.2, 0) is 15.6 Å². The average molecular weight is 347 g/mol. The maximum absolute atomic E-state index is 13.5. The largest absolute Gasteiger partial charge is 0.224 e. The van der Waals surface area contributed by atoms with Gasteiger partial charge in [0, 0.05) is 16.0 Å². The first-order valence-electron chi connectivity index (χ1n) is 6.07. The summed E-state index contributed by atoms with van der Waals surface area (Å²) >= 11 is 5.70. The molecule has 0 unspecified atom stereocenters. The minimum Gasteiger partial charge on any atom is -0.224 e. The summed E-state index contributed by atoms with van der Waals surface area (Å²) in [5.41, 5.74) is 0.151. The lowest BCUT2D eigenvalue weighted by atomic mass is 10.2. The summed E-state index contributed by atoms with van der Waals surface area (Å²) < 4.78 is 63.2. The molecular weight excluding hydrogens is 337 g/mol. The molecule has 0 heterocycles. The van der Waals surface area contributed by atoms with Gasteiger partial charge in [-0.15, -0.1) is 0 Å². The first-order chi connectivity index (χ1) is 10.3. The monoisotopic (exact) mass is 346 g/mol. The first kappa shape index (κ1) is 16.6. The second kappa shape index (κ2) is 6.54. The Kier molecular flexibility index (Phi) is 4.93. The smallest absolute Gasteiger partial charge is 0.194 e. The van der Waals surface area contributed by atoms with Crippen LogP contribution in [0.2, 0.25) is 5.02 Å². The Morgan fingerprint density at radius 1 is 0.955 bits per heavy atom. The number of benzene rings is 2. The highest BCUT2D eigenvalue weighted by atomic mass is 35.5. The van der Waals surface area contributed by atoms with Gasteiger partial charge in [0.25, 0.3) is 0 Å². The van der Waals surface area contributed by atoms with Crippen LogP contribution < -0.4 is 0 Å². The topological polar surface area (TPSA) is 34.1 Å². The van der Waals surface area contributed by atoms with Crippen molar-refractivity contribution in [1.29, 1.82) is 0 Å². The minimum atomic E-state index is -3.84. The van der Waals surface area contributed by atoms with Crippen molar-refractivity contribution in [3.05, 3.63) is 75.4 Å². The molecule has 2 aromatic rings. The van der Waals surface area contributed by atoms with Gasteiger partial charge in [0.05, 0.1) is 5.75 Å². The minimum absolute atomic E-state index is 0.431. The first-order valence-corrected chi connectivity index (χ1v) is 8.16. The van der Waals surface area contributed by atoms with Crippen LogP contribution in [0.15, 0.2) is 41.8 Å². The van der Waals surface area contributed by atoms with Crippen LogP contribution in [0.5, 0.6) is 0 Å². The molecule has 0 aliphatic rings. The Labute approximate surface area is 130 Å². The van der Waals surface area contributed by atoms with Crippen molar-refractivity contribution >= 4 is 27.5 Å². The maximum Gasteiger partial charge on any atom is 0.194 e. The van der Waals surface area contributed by atoms with E-state index in [2.05, 4.69) is 0 Å². The standard InChI is InChI=1S/C15H10ClF3O2S/c16-12-4-1-10(2-5-12)7-8-22(20,21)9-11-3-6-13(17)15(19)14(11)18/h1-8H,9H2/b8-7+. The number of rotatable bonds is 4. The van der Waals surface area contributed by atoms with Crippen LogP contribution in [0.25, 0.3) is 6.08 Å². The summed E-state index contributed by atoms with van der Waals surface area (Å²) in [5, 5.41) is 1.39. The molecule has 0 atom stereocenters. The van der Waals surface area contributed by atoms with Gasteiger partial charge < -0.3 is 0 Å². The van der Waals surface area contributed by atoms with Crippen LogP contribution in [0.4, 0.5) is 13.2 Å². The molecule has 0 saturated carbocycles. The summed E-state index contributed by atoms with van der Waals surface area (Å²) in [6.45, 7) is 0. The van der Waals surface area contributed by atoms with E-state index in [1.54, 1.807) is 24.3 Å². The van der Waals surface area contributed by atoms with Crippen molar-refractivity contribution in [2.45, 2.75) is 5.75 Å². The molecule has 0 spiro atoms. The van der Waals surface area contributed by atoms with Crippen molar-refractivity contribution in [3.8, 4) is 0 Å². The predicted octanol–water partition coefficient (Wildman–Crippen LogP) is 4.34. The molecule has 2 rings (SSSR count). The zero-order chi connectivity index (χ0) is 16.3. The van der Waals surface area contributed by atoms with Crippen LogP contribution in [0, 0.1) is 17.5 Å². The molecule has 0 bridgehead atoms. The summed E-state index contributed by atoms with van der Waals surface area (Å²) in [7, 11) is -3.84. The van der Waals surface area contributed by atoms with Gasteiger partial charge in [0.1, 0.15) is 0 Å². The van der Waals surface area contributed by atoms with Gasteiger partial charge in [0.2, 0.25) is 0 Å². The van der Waals surface area contributed by atoms with Crippen LogP contribution in [-0.4, -0.2) is 8.42 Å². The maximum atomic E-state index is 13.5. The quantitative estimate of drug-likeness (QED) is 0.772. The average Bonchev–Trinajstić information content (AvgIpc) is 2.47. The highest BCUT2D eigenvalue weighted by Gasteiger charge is 2.17. The molecule has 0 fully saturated rings. The molecule has 0 aromatic heterocycles. The van der Waals surface area contributed by atoms with E-state index in [4.69, 9.17) is 11.6 Å². The van der Waals surface area contributed by atoms with Gasteiger partial charge in [-0.3, -0.25) is 0 Å². The third kappa shape index (κ3) is 4.11. The highest BCUT2D eigenvalue weighted by Crippen LogP contribution is 2.19. The van der Waals surface area contributed by atoms with E-state index >= 15 is 0 Å². The van der Waals surface area contributed by atoms with Crippen LogP contribution in [0.1, 0.15) is 11.1 Å². The number of halogens is 4. The fourth-order valence-electron chi connectivity index (χ4n) is 1.70. The van der Waals surface area contributed by atoms with Crippen molar-refractivity contribution in [3.63, 3.8) is 0 Å². The molecule has 0 N–H and O–H groups in total. The Bertz CT molecular complexity index is 815. The molecule has 0 aliphatic heterocycles. The van der Waals surface area contributed by atoms with E-state index in [1.165, 1.54) is 6.08 Å². The van der Waals surface area contributed by atoms with Gasteiger partial charge >= 0.3 is 0 Å². The van der Waals surface area contributed by atoms with E-state index in [0.717, 1.165) is 11.5 Å². The summed E-state index contributed by atoms with van der Waals surface area (Å²) in [6.07, 6.45) is 1.31. The Morgan fingerprint density at radius 2 is 1.59 bits per heavy atom. The molecule has 2 aromatic carbocycles. The van der Waals surface area contributed by atoms with Gasteiger partial charge in [-0.2, -0.15) is 0 Å². The molecule has 116 valence electrons. The Hall–Kier alpha value is -1.79. The van der Waals surface area contributed by atoms with E-state index in [1.807, 2.05) is 0 Å². The number of hydrogen-bond acceptors (Lipinski definition) is 2. The fourth-order valence-corrected chi connectivity index (χ4v) is 2.94. The van der Waals surface area contributed by atoms with E-state index in [0.29, 0.717) is 16.7 Å². The van der Waals surface area contributed by atoms with Crippen molar-refractivity contribution in [2.24, 2.45) is 0 Å². The Morgan fingerprint density at radius 3 is 2.23 bits per heavy atom. The zero-order valence-electron chi connectivity index (χ0n) is 11.1. The summed E-state index contributed by atoms with van der Waals surface area (Å²) in [4.78, 5) is 0. The third-order valence-corrected chi connectivity index (χ3v) is 4.33. The van der Waals surface area contributed by atoms with E-state index in [-0.39, 0.29) is 0 Å². The molecule has 0 aliphatic carbocycles.